The van der Waals surface area contributed by atoms with Crippen molar-refractivity contribution in [2.45, 2.75) is 25.3 Å². The number of hydrogen-bond donors (Lipinski definition) is 3. The molecule has 21 heavy (non-hydrogen) atoms. The molecule has 1 aliphatic carbocycles. The van der Waals surface area contributed by atoms with E-state index in [1.807, 2.05) is 6.07 Å². The Bertz CT molecular complexity index is 685. The molecule has 1 aromatic carbocycles. The molecule has 5 heteroatoms. The maximum Gasteiger partial charge on any atom is 0.337 e. The number of carboxylic acids is 1. The molecule has 4 N–H and O–H groups in total. The summed E-state index contributed by atoms with van der Waals surface area (Å²) < 4.78 is 0. The SMILES string of the molecule is Nc1c(C(=O)O)ccnc1NC1CCc2ccccc2C1. The van der Waals surface area contributed by atoms with Crippen LogP contribution in [0.5, 0.6) is 0 Å². The molecule has 0 saturated heterocycles. The Kier molecular flexibility index (Phi) is 3.48. The Morgan fingerprint density at radius 2 is 2.05 bits per heavy atom. The number of nitrogens with one attached hydrogen (secondary N) is 1. The van der Waals surface area contributed by atoms with Gasteiger partial charge in [0.1, 0.15) is 5.82 Å². The van der Waals surface area contributed by atoms with Gasteiger partial charge in [-0.1, -0.05) is 24.3 Å². The first-order valence-corrected chi connectivity index (χ1v) is 6.96. The Morgan fingerprint density at radius 3 is 2.81 bits per heavy atom. The van der Waals surface area contributed by atoms with E-state index in [-0.39, 0.29) is 17.3 Å². The van der Waals surface area contributed by atoms with Gasteiger partial charge in [-0.2, -0.15) is 0 Å². The van der Waals surface area contributed by atoms with Gasteiger partial charge in [0.15, 0.2) is 0 Å². The van der Waals surface area contributed by atoms with Crippen molar-refractivity contribution >= 4 is 17.5 Å². The van der Waals surface area contributed by atoms with Gasteiger partial charge in [-0.15, -0.1) is 0 Å². The molecular weight excluding hydrogens is 266 g/mol. The van der Waals surface area contributed by atoms with Gasteiger partial charge >= 0.3 is 5.97 Å². The number of fused-ring (bicyclic) bond motifs is 1. The molecule has 1 unspecified atom stereocenters. The van der Waals surface area contributed by atoms with Crippen LogP contribution in [0.1, 0.15) is 27.9 Å². The van der Waals surface area contributed by atoms with E-state index in [2.05, 4.69) is 28.5 Å². The molecule has 1 aliphatic rings. The Morgan fingerprint density at radius 1 is 1.29 bits per heavy atom. The number of nitrogens with zero attached hydrogens (tertiary/aromatic N) is 1. The van der Waals surface area contributed by atoms with Crippen LogP contribution >= 0.6 is 0 Å². The fraction of sp³-hybridized carbons (Fsp3) is 0.250. The molecule has 3 rings (SSSR count). The van der Waals surface area contributed by atoms with Crippen molar-refractivity contribution < 1.29 is 9.90 Å². The second kappa shape index (κ2) is 5.44. The summed E-state index contributed by atoms with van der Waals surface area (Å²) in [6, 6.07) is 10.0. The van der Waals surface area contributed by atoms with Crippen molar-refractivity contribution in [2.75, 3.05) is 11.1 Å². The lowest BCUT2D eigenvalue weighted by Gasteiger charge is -2.26. The van der Waals surface area contributed by atoms with Crippen molar-refractivity contribution in [3.05, 3.63) is 53.2 Å². The molecule has 0 aliphatic heterocycles. The molecule has 2 aromatic rings. The molecule has 1 heterocycles. The van der Waals surface area contributed by atoms with Gasteiger partial charge < -0.3 is 16.2 Å². The van der Waals surface area contributed by atoms with Crippen molar-refractivity contribution in [1.82, 2.24) is 4.98 Å². The first-order chi connectivity index (χ1) is 10.1. The third-order valence-electron chi connectivity index (χ3n) is 3.91. The van der Waals surface area contributed by atoms with Gasteiger partial charge in [-0.3, -0.25) is 0 Å². The van der Waals surface area contributed by atoms with Gasteiger partial charge in [0, 0.05) is 12.2 Å². The van der Waals surface area contributed by atoms with E-state index in [0.717, 1.165) is 19.3 Å². The average molecular weight is 283 g/mol. The summed E-state index contributed by atoms with van der Waals surface area (Å²) in [5.41, 5.74) is 8.89. The summed E-state index contributed by atoms with van der Waals surface area (Å²) in [4.78, 5) is 15.3. The van der Waals surface area contributed by atoms with E-state index >= 15 is 0 Å². The number of anilines is 2. The zero-order valence-electron chi connectivity index (χ0n) is 11.5. The zero-order valence-corrected chi connectivity index (χ0v) is 11.5. The normalized spacial score (nSPS) is 17.0. The summed E-state index contributed by atoms with van der Waals surface area (Å²) >= 11 is 0. The summed E-state index contributed by atoms with van der Waals surface area (Å²) in [5.74, 6) is -0.578. The van der Waals surface area contributed by atoms with E-state index in [0.29, 0.717) is 5.82 Å². The number of hydrogen-bond acceptors (Lipinski definition) is 4. The predicted molar refractivity (Wildman–Crippen MR) is 81.5 cm³/mol. The number of carbonyl (C=O) groups is 1. The number of nitrogens with two attached hydrogens (primary N) is 1. The number of aryl methyl sites for hydroxylation is 1. The molecule has 5 nitrogen and oxygen atoms in total. The minimum absolute atomic E-state index is 0.0868. The highest BCUT2D eigenvalue weighted by Crippen LogP contribution is 2.26. The Balaban J connectivity index is 1.80. The first kappa shape index (κ1) is 13.4. The number of benzene rings is 1. The van der Waals surface area contributed by atoms with Crippen molar-refractivity contribution in [3.8, 4) is 0 Å². The monoisotopic (exact) mass is 283 g/mol. The van der Waals surface area contributed by atoms with E-state index < -0.39 is 5.97 Å². The van der Waals surface area contributed by atoms with Crippen LogP contribution in [0.4, 0.5) is 11.5 Å². The van der Waals surface area contributed by atoms with Crippen LogP contribution in [0.3, 0.4) is 0 Å². The minimum Gasteiger partial charge on any atom is -0.478 e. The van der Waals surface area contributed by atoms with Crippen LogP contribution in [0.25, 0.3) is 0 Å². The maximum atomic E-state index is 11.1. The van der Waals surface area contributed by atoms with E-state index in [1.165, 1.54) is 23.4 Å². The molecule has 0 radical (unpaired) electrons. The molecule has 0 fully saturated rings. The minimum atomic E-state index is -1.04. The van der Waals surface area contributed by atoms with Crippen molar-refractivity contribution in [2.24, 2.45) is 0 Å². The van der Waals surface area contributed by atoms with Crippen molar-refractivity contribution in [1.29, 1.82) is 0 Å². The Labute approximate surface area is 122 Å². The van der Waals surface area contributed by atoms with E-state index in [1.54, 1.807) is 0 Å². The van der Waals surface area contributed by atoms with Gasteiger partial charge in [-0.05, 0) is 36.5 Å². The summed E-state index contributed by atoms with van der Waals surface area (Å²) in [6.07, 6.45) is 4.36. The van der Waals surface area contributed by atoms with Crippen LogP contribution in [0.2, 0.25) is 0 Å². The highest BCUT2D eigenvalue weighted by atomic mass is 16.4. The second-order valence-electron chi connectivity index (χ2n) is 5.28. The number of aromatic nitrogens is 1. The quantitative estimate of drug-likeness (QED) is 0.804. The molecular formula is C16H17N3O2. The summed E-state index contributed by atoms with van der Waals surface area (Å²) in [7, 11) is 0. The Hall–Kier alpha value is -2.56. The molecule has 1 aromatic heterocycles. The maximum absolute atomic E-state index is 11.1. The fourth-order valence-corrected chi connectivity index (χ4v) is 2.79. The van der Waals surface area contributed by atoms with E-state index in [4.69, 9.17) is 10.8 Å². The number of rotatable bonds is 3. The lowest BCUT2D eigenvalue weighted by atomic mass is 9.88. The second-order valence-corrected chi connectivity index (χ2v) is 5.28. The molecule has 108 valence electrons. The third kappa shape index (κ3) is 2.67. The van der Waals surface area contributed by atoms with Crippen LogP contribution < -0.4 is 11.1 Å². The van der Waals surface area contributed by atoms with Crippen LogP contribution in [0, 0.1) is 0 Å². The van der Waals surface area contributed by atoms with E-state index in [9.17, 15) is 4.79 Å². The largest absolute Gasteiger partial charge is 0.478 e. The highest BCUT2D eigenvalue weighted by molar-refractivity contribution is 5.96. The average Bonchev–Trinajstić information content (AvgIpc) is 2.49. The number of carboxylic acid groups (broad SMARTS) is 1. The standard InChI is InChI=1S/C16H17N3O2/c17-14-13(16(20)21)7-8-18-15(14)19-12-6-5-10-3-1-2-4-11(10)9-12/h1-4,7-8,12H,5-6,9,17H2,(H,18,19)(H,20,21). The zero-order chi connectivity index (χ0) is 14.8. The van der Waals surface area contributed by atoms with Gasteiger partial charge in [0.05, 0.1) is 11.3 Å². The molecule has 0 saturated carbocycles. The molecule has 0 bridgehead atoms. The summed E-state index contributed by atoms with van der Waals surface area (Å²) in [6.45, 7) is 0. The molecule has 1 atom stereocenters. The third-order valence-corrected chi connectivity index (χ3v) is 3.91. The van der Waals surface area contributed by atoms with Gasteiger partial charge in [0.2, 0.25) is 0 Å². The first-order valence-electron chi connectivity index (χ1n) is 6.96. The van der Waals surface area contributed by atoms with Crippen molar-refractivity contribution in [3.63, 3.8) is 0 Å². The highest BCUT2D eigenvalue weighted by Gasteiger charge is 2.20. The molecule has 0 spiro atoms. The van der Waals surface area contributed by atoms with Crippen LogP contribution in [-0.2, 0) is 12.8 Å². The fourth-order valence-electron chi connectivity index (χ4n) is 2.79. The van der Waals surface area contributed by atoms with Crippen LogP contribution in [0.15, 0.2) is 36.5 Å². The lowest BCUT2D eigenvalue weighted by molar-refractivity contribution is 0.0698. The lowest BCUT2D eigenvalue weighted by Crippen LogP contribution is -2.28. The van der Waals surface area contributed by atoms with Gasteiger partial charge in [0.25, 0.3) is 0 Å². The predicted octanol–water partition coefficient (Wildman–Crippen LogP) is 2.33. The van der Waals surface area contributed by atoms with Crippen LogP contribution in [-0.4, -0.2) is 22.1 Å². The molecule has 0 amide bonds. The van der Waals surface area contributed by atoms with Gasteiger partial charge in [-0.25, -0.2) is 9.78 Å². The number of aromatic carboxylic acids is 1. The topological polar surface area (TPSA) is 88.2 Å². The number of nitrogen functional groups attached to an aromatic ring is 1. The smallest absolute Gasteiger partial charge is 0.337 e. The summed E-state index contributed by atoms with van der Waals surface area (Å²) in [5, 5.41) is 12.4. The number of pyridine rings is 1.